The van der Waals surface area contributed by atoms with Crippen molar-refractivity contribution < 1.29 is 9.47 Å². The van der Waals surface area contributed by atoms with Gasteiger partial charge in [-0.05, 0) is 31.0 Å². The minimum Gasteiger partial charge on any atom is -0.454 e. The van der Waals surface area contributed by atoms with E-state index in [1.54, 1.807) is 0 Å². The molecule has 1 heterocycles. The number of halogens is 1. The molecule has 1 aromatic rings. The Kier molecular flexibility index (Phi) is 3.92. The normalized spacial score (nSPS) is 14.7. The summed E-state index contributed by atoms with van der Waals surface area (Å²) in [6.45, 7) is 6.84. The molecule has 1 unspecified atom stereocenters. The molecule has 1 aliphatic rings. The lowest BCUT2D eigenvalue weighted by Crippen LogP contribution is -2.24. The van der Waals surface area contributed by atoms with Gasteiger partial charge in [-0.15, -0.1) is 6.58 Å². The zero-order valence-corrected chi connectivity index (χ0v) is 10.6. The van der Waals surface area contributed by atoms with Gasteiger partial charge in [0.1, 0.15) is 0 Å². The molecule has 2 rings (SSSR count). The van der Waals surface area contributed by atoms with Crippen LogP contribution in [0, 0.1) is 0 Å². The van der Waals surface area contributed by atoms with E-state index in [9.17, 15) is 0 Å². The smallest absolute Gasteiger partial charge is 0.231 e. The van der Waals surface area contributed by atoms with Crippen molar-refractivity contribution in [3.8, 4) is 11.5 Å². The summed E-state index contributed by atoms with van der Waals surface area (Å²) in [6, 6.07) is 4.27. The Balaban J connectivity index is 2.02. The second kappa shape index (κ2) is 5.43. The zero-order chi connectivity index (χ0) is 12.3. The molecule has 0 bridgehead atoms. The van der Waals surface area contributed by atoms with Crippen molar-refractivity contribution in [2.45, 2.75) is 25.9 Å². The number of nitrogens with one attached hydrogen (secondary N) is 1. The summed E-state index contributed by atoms with van der Waals surface area (Å²) in [7, 11) is 0. The first kappa shape index (κ1) is 12.3. The van der Waals surface area contributed by atoms with Gasteiger partial charge in [0, 0.05) is 12.6 Å². The van der Waals surface area contributed by atoms with Crippen LogP contribution in [-0.2, 0) is 6.54 Å². The first-order chi connectivity index (χ1) is 8.20. The number of hydrogen-bond acceptors (Lipinski definition) is 3. The summed E-state index contributed by atoms with van der Waals surface area (Å²) < 4.78 is 10.6. The van der Waals surface area contributed by atoms with E-state index in [1.165, 1.54) is 0 Å². The summed E-state index contributed by atoms with van der Waals surface area (Å²) in [5.74, 6) is 1.38. The Bertz CT molecular complexity index is 420. The summed E-state index contributed by atoms with van der Waals surface area (Å²) in [4.78, 5) is 0. The van der Waals surface area contributed by atoms with Gasteiger partial charge >= 0.3 is 0 Å². The van der Waals surface area contributed by atoms with Crippen LogP contribution in [0.2, 0.25) is 5.02 Å². The number of rotatable bonds is 5. The standard InChI is InChI=1S/C13H16ClNO2/c1-3-4-9(2)15-7-10-5-11(14)13-12(6-10)16-8-17-13/h3,5-6,9,15H,1,4,7-8H2,2H3. The van der Waals surface area contributed by atoms with Crippen LogP contribution in [0.15, 0.2) is 24.8 Å². The largest absolute Gasteiger partial charge is 0.454 e. The van der Waals surface area contributed by atoms with Gasteiger partial charge in [0.05, 0.1) is 5.02 Å². The van der Waals surface area contributed by atoms with E-state index in [4.69, 9.17) is 21.1 Å². The van der Waals surface area contributed by atoms with Crippen molar-refractivity contribution in [2.75, 3.05) is 6.79 Å². The van der Waals surface area contributed by atoms with Gasteiger partial charge in [0.15, 0.2) is 11.5 Å². The molecular formula is C13H16ClNO2. The average molecular weight is 254 g/mol. The summed E-state index contributed by atoms with van der Waals surface area (Å²) >= 11 is 6.10. The van der Waals surface area contributed by atoms with Crippen LogP contribution < -0.4 is 14.8 Å². The predicted molar refractivity (Wildman–Crippen MR) is 68.7 cm³/mol. The third-order valence-corrected chi connectivity index (χ3v) is 2.94. The van der Waals surface area contributed by atoms with Gasteiger partial charge in [0.25, 0.3) is 0 Å². The summed E-state index contributed by atoms with van der Waals surface area (Å²) in [5, 5.41) is 4.00. The third-order valence-electron chi connectivity index (χ3n) is 2.66. The second-order valence-electron chi connectivity index (χ2n) is 4.12. The Hall–Kier alpha value is -1.19. The van der Waals surface area contributed by atoms with Crippen molar-refractivity contribution in [3.05, 3.63) is 35.4 Å². The minimum absolute atomic E-state index is 0.249. The van der Waals surface area contributed by atoms with Gasteiger partial charge in [-0.25, -0.2) is 0 Å². The van der Waals surface area contributed by atoms with Crippen molar-refractivity contribution in [1.29, 1.82) is 0 Å². The SMILES string of the molecule is C=CCC(C)NCc1cc(Cl)c2c(c1)OCO2. The highest BCUT2D eigenvalue weighted by molar-refractivity contribution is 6.32. The Morgan fingerprint density at radius 2 is 2.35 bits per heavy atom. The molecule has 17 heavy (non-hydrogen) atoms. The van der Waals surface area contributed by atoms with Crippen LogP contribution in [0.4, 0.5) is 0 Å². The third kappa shape index (κ3) is 2.93. The molecule has 0 fully saturated rings. The lowest BCUT2D eigenvalue weighted by molar-refractivity contribution is 0.174. The van der Waals surface area contributed by atoms with E-state index < -0.39 is 0 Å². The van der Waals surface area contributed by atoms with Crippen LogP contribution in [0.1, 0.15) is 18.9 Å². The molecule has 3 nitrogen and oxygen atoms in total. The van der Waals surface area contributed by atoms with Crippen LogP contribution in [0.3, 0.4) is 0 Å². The number of benzene rings is 1. The van der Waals surface area contributed by atoms with Crippen molar-refractivity contribution in [3.63, 3.8) is 0 Å². The monoisotopic (exact) mass is 253 g/mol. The fourth-order valence-electron chi connectivity index (χ4n) is 1.75. The lowest BCUT2D eigenvalue weighted by atomic mass is 10.1. The maximum atomic E-state index is 6.10. The first-order valence-electron chi connectivity index (χ1n) is 5.63. The van der Waals surface area contributed by atoms with E-state index in [1.807, 2.05) is 18.2 Å². The van der Waals surface area contributed by atoms with Crippen LogP contribution in [0.5, 0.6) is 11.5 Å². The molecular weight excluding hydrogens is 238 g/mol. The zero-order valence-electron chi connectivity index (χ0n) is 9.83. The molecule has 0 amide bonds. The lowest BCUT2D eigenvalue weighted by Gasteiger charge is -2.12. The molecule has 0 radical (unpaired) electrons. The van der Waals surface area contributed by atoms with Gasteiger partial charge in [-0.3, -0.25) is 0 Å². The fraction of sp³-hybridized carbons (Fsp3) is 0.385. The summed E-state index contributed by atoms with van der Waals surface area (Å²) in [6.07, 6.45) is 2.85. The van der Waals surface area contributed by atoms with Crippen molar-refractivity contribution in [2.24, 2.45) is 0 Å². The Labute approximate surface area is 106 Å². The summed E-state index contributed by atoms with van der Waals surface area (Å²) in [5.41, 5.74) is 1.09. The molecule has 4 heteroatoms. The highest BCUT2D eigenvalue weighted by Crippen LogP contribution is 2.39. The highest BCUT2D eigenvalue weighted by Gasteiger charge is 2.18. The number of fused-ring (bicyclic) bond motifs is 1. The number of ether oxygens (including phenoxy) is 2. The van der Waals surface area contributed by atoms with E-state index >= 15 is 0 Å². The first-order valence-corrected chi connectivity index (χ1v) is 6.01. The maximum Gasteiger partial charge on any atom is 0.231 e. The molecule has 1 N–H and O–H groups in total. The maximum absolute atomic E-state index is 6.10. The van der Waals surface area contributed by atoms with Crippen LogP contribution >= 0.6 is 11.6 Å². The quantitative estimate of drug-likeness (QED) is 0.818. The van der Waals surface area contributed by atoms with Gasteiger partial charge in [-0.1, -0.05) is 17.7 Å². The van der Waals surface area contributed by atoms with Crippen molar-refractivity contribution in [1.82, 2.24) is 5.32 Å². The molecule has 0 saturated carbocycles. The molecule has 1 aliphatic heterocycles. The van der Waals surface area contributed by atoms with E-state index in [2.05, 4.69) is 18.8 Å². The molecule has 1 aromatic carbocycles. The second-order valence-corrected chi connectivity index (χ2v) is 4.52. The minimum atomic E-state index is 0.249. The van der Waals surface area contributed by atoms with E-state index in [-0.39, 0.29) is 6.79 Å². The van der Waals surface area contributed by atoms with Crippen LogP contribution in [-0.4, -0.2) is 12.8 Å². The van der Waals surface area contributed by atoms with E-state index in [0.717, 1.165) is 24.3 Å². The molecule has 92 valence electrons. The highest BCUT2D eigenvalue weighted by atomic mass is 35.5. The average Bonchev–Trinajstić information content (AvgIpc) is 2.75. The molecule has 0 aliphatic carbocycles. The van der Waals surface area contributed by atoms with E-state index in [0.29, 0.717) is 16.8 Å². The molecule has 0 saturated heterocycles. The Morgan fingerprint density at radius 3 is 3.12 bits per heavy atom. The molecule has 0 spiro atoms. The predicted octanol–water partition coefficient (Wildman–Crippen LogP) is 3.12. The number of hydrogen-bond donors (Lipinski definition) is 1. The molecule has 0 aromatic heterocycles. The topological polar surface area (TPSA) is 30.5 Å². The van der Waals surface area contributed by atoms with Gasteiger partial charge < -0.3 is 14.8 Å². The Morgan fingerprint density at radius 1 is 1.53 bits per heavy atom. The van der Waals surface area contributed by atoms with Gasteiger partial charge in [-0.2, -0.15) is 0 Å². The van der Waals surface area contributed by atoms with Gasteiger partial charge in [0.2, 0.25) is 6.79 Å². The van der Waals surface area contributed by atoms with Crippen molar-refractivity contribution >= 4 is 11.6 Å². The van der Waals surface area contributed by atoms with Crippen LogP contribution in [0.25, 0.3) is 0 Å². The molecule has 1 atom stereocenters. The fourth-order valence-corrected chi connectivity index (χ4v) is 2.04.